The Morgan fingerprint density at radius 3 is 1.23 bits per heavy atom. The van der Waals surface area contributed by atoms with Gasteiger partial charge < -0.3 is 8.98 Å². The minimum Gasteiger partial charge on any atom is -0.456 e. The van der Waals surface area contributed by atoms with Crippen molar-refractivity contribution in [3.63, 3.8) is 0 Å². The number of rotatable bonds is 0. The third-order valence-electron chi connectivity index (χ3n) is 18.0. The Kier molecular flexibility index (Phi) is 39.6. The molecule has 0 N–H and O–H groups in total. The standard InChI is InChI=1S/C17H15N4.C16H12N3O.C16H12N3S.2C8H8N5.13C2H6/c1-11-13-7-14-12-5-3-4-6-15(12)19(2)16(14)8-17(13)21-10-18-9-20(11)21;2*1-10-12-6-13-11-4-2-3-5-15(11)20-16(13)7-14(12)19-9-17-8-18(10)19;1-6-8-7(2-9-3-11-8)13-5-10-4-12(6)13;1-6-7-2-9-3-11-8(7)13-5-10-4-12(6)13;13*1-2/h3-11H,1-2H3;2*2-10H,1H3;2*2-6H,1H3;13*1-2H3/q5*+1;;;;;;;;;;;;;. The van der Waals surface area contributed by atoms with E-state index in [-0.39, 0.29) is 12.1 Å². The van der Waals surface area contributed by atoms with Gasteiger partial charge in [-0.05, 0) is 108 Å². The fourth-order valence-corrected chi connectivity index (χ4v) is 14.6. The first-order chi connectivity index (χ1) is 55.7. The van der Waals surface area contributed by atoms with Gasteiger partial charge >= 0.3 is 31.6 Å². The number of aryl methyl sites for hydroxylation is 1. The highest BCUT2D eigenvalue weighted by molar-refractivity contribution is 7.25. The Morgan fingerprint density at radius 1 is 0.310 bits per heavy atom. The van der Waals surface area contributed by atoms with Crippen LogP contribution < -0.4 is 23.4 Å². The summed E-state index contributed by atoms with van der Waals surface area (Å²) in [6.07, 6.45) is 25.2. The maximum absolute atomic E-state index is 5.96. The van der Waals surface area contributed by atoms with Gasteiger partial charge in [0.05, 0.1) is 34.3 Å². The molecule has 0 fully saturated rings. The molecule has 5 atom stereocenters. The van der Waals surface area contributed by atoms with Crippen LogP contribution in [-0.2, 0) is 7.05 Å². The first-order valence-corrected chi connectivity index (χ1v) is 42.7. The van der Waals surface area contributed by atoms with E-state index in [9.17, 15) is 0 Å². The average molecular weight is 1560 g/mol. The summed E-state index contributed by atoms with van der Waals surface area (Å²) in [4.78, 5) is 37.3. The molecule has 113 heavy (non-hydrogen) atoms. The number of hydrogen-bond donors (Lipinski definition) is 0. The smallest absolute Gasteiger partial charge is 0.307 e. The molecule has 10 aromatic heterocycles. The van der Waals surface area contributed by atoms with E-state index in [4.69, 9.17) is 4.42 Å². The van der Waals surface area contributed by atoms with Crippen LogP contribution in [0.3, 0.4) is 0 Å². The van der Waals surface area contributed by atoms with Crippen LogP contribution in [0.25, 0.3) is 92.5 Å². The van der Waals surface area contributed by atoms with Gasteiger partial charge in [-0.2, -0.15) is 0 Å². The molecule has 5 aliphatic heterocycles. The number of benzene rings is 6. The summed E-state index contributed by atoms with van der Waals surface area (Å²) in [5, 5.41) is 7.75. The summed E-state index contributed by atoms with van der Waals surface area (Å²) in [7, 11) is 2.14. The zero-order valence-electron chi connectivity index (χ0n) is 74.1. The van der Waals surface area contributed by atoms with Crippen molar-refractivity contribution >= 4 is 75.3 Å². The molecule has 0 aliphatic carbocycles. The Balaban J connectivity index is 0.000000280. The van der Waals surface area contributed by atoms with Gasteiger partial charge in [0.1, 0.15) is 59.4 Å². The molecule has 16 aromatic rings. The van der Waals surface area contributed by atoms with Gasteiger partial charge in [0.2, 0.25) is 31.6 Å². The van der Waals surface area contributed by atoms with Gasteiger partial charge in [-0.25, -0.2) is 19.9 Å². The maximum Gasteiger partial charge on any atom is 0.307 e. The average Bonchev–Trinajstić information content (AvgIpc) is 1.58. The van der Waals surface area contributed by atoms with Gasteiger partial charge in [0.15, 0.2) is 11.9 Å². The summed E-state index contributed by atoms with van der Waals surface area (Å²) < 4.78 is 31.7. The van der Waals surface area contributed by atoms with Crippen LogP contribution in [0.4, 0.5) is 0 Å². The van der Waals surface area contributed by atoms with Crippen LogP contribution >= 0.6 is 11.3 Å². The minimum absolute atomic E-state index is 0.250. The van der Waals surface area contributed by atoms with Crippen molar-refractivity contribution in [3.8, 4) is 28.6 Å². The van der Waals surface area contributed by atoms with Crippen molar-refractivity contribution in [3.05, 3.63) is 225 Å². The van der Waals surface area contributed by atoms with Crippen molar-refractivity contribution in [1.82, 2.24) is 72.8 Å². The Morgan fingerprint density at radius 2 is 0.699 bits per heavy atom. The lowest BCUT2D eigenvalue weighted by Crippen LogP contribution is -2.39. The highest BCUT2D eigenvalue weighted by Crippen LogP contribution is 2.41. The summed E-state index contributed by atoms with van der Waals surface area (Å²) in [5.74, 6) is 0.931. The zero-order valence-corrected chi connectivity index (χ0v) is 74.9. The number of fused-ring (bicyclic) bond motifs is 24. The van der Waals surface area contributed by atoms with Crippen LogP contribution in [-0.4, -0.2) is 72.8 Å². The van der Waals surface area contributed by atoms with Crippen LogP contribution in [0, 0.1) is 0 Å². The number of furan rings is 1. The molecule has 0 bridgehead atoms. The summed E-state index contributed by atoms with van der Waals surface area (Å²) in [6, 6.07) is 40.6. The van der Waals surface area contributed by atoms with Crippen molar-refractivity contribution in [2.75, 3.05) is 0 Å². The Labute approximate surface area is 678 Å². The van der Waals surface area contributed by atoms with Crippen molar-refractivity contribution in [1.29, 1.82) is 0 Å². The minimum atomic E-state index is 0.250. The van der Waals surface area contributed by atoms with E-state index in [1.807, 2.05) is 273 Å². The molecule has 0 saturated heterocycles. The Hall–Kier alpha value is -11.0. The fraction of sp³-hybridized carbons (Fsp3) is 0.407. The Bertz CT molecular complexity index is 5180. The van der Waals surface area contributed by atoms with Crippen LogP contribution in [0.5, 0.6) is 0 Å². The summed E-state index contributed by atoms with van der Waals surface area (Å²) >= 11 is 1.86. The first-order valence-electron chi connectivity index (χ1n) is 41.9. The van der Waals surface area contributed by atoms with Gasteiger partial charge in [-0.3, -0.25) is 0 Å². The molecule has 5 unspecified atom stereocenters. The van der Waals surface area contributed by atoms with E-state index in [0.29, 0.717) is 18.1 Å². The molecule has 21 nitrogen and oxygen atoms in total. The van der Waals surface area contributed by atoms with Gasteiger partial charge in [-0.15, -0.1) is 58.2 Å². The van der Waals surface area contributed by atoms with Gasteiger partial charge in [0, 0.05) is 83.2 Å². The number of para-hydroxylation sites is 2. The van der Waals surface area contributed by atoms with Crippen LogP contribution in [0.15, 0.2) is 202 Å². The lowest BCUT2D eigenvalue weighted by atomic mass is 10.0. The number of aromatic nitrogens is 20. The van der Waals surface area contributed by atoms with Crippen molar-refractivity contribution < 1.29 is 27.8 Å². The summed E-state index contributed by atoms with van der Waals surface area (Å²) in [5.41, 5.74) is 15.3. The number of thiophene rings is 1. The lowest BCUT2D eigenvalue weighted by molar-refractivity contribution is -0.772. The summed E-state index contributed by atoms with van der Waals surface area (Å²) in [6.45, 7) is 62.8. The van der Waals surface area contributed by atoms with E-state index < -0.39 is 0 Å². The molecule has 21 rings (SSSR count). The van der Waals surface area contributed by atoms with Crippen molar-refractivity contribution in [2.24, 2.45) is 7.05 Å². The molecule has 15 heterocycles. The second kappa shape index (κ2) is 47.4. The maximum atomic E-state index is 5.96. The van der Waals surface area contributed by atoms with Gasteiger partial charge in [0.25, 0.3) is 0 Å². The quantitative estimate of drug-likeness (QED) is 0.133. The third-order valence-corrected chi connectivity index (χ3v) is 19.1. The molecule has 0 radical (unpaired) electrons. The van der Waals surface area contributed by atoms with E-state index in [2.05, 4.69) is 216 Å². The van der Waals surface area contributed by atoms with Crippen LogP contribution in [0.2, 0.25) is 0 Å². The number of nitrogens with zero attached hydrogens (tertiary/aromatic N) is 20. The fourth-order valence-electron chi connectivity index (χ4n) is 13.4. The SMILES string of the molecule is CC.CC.CC.CC.CC.CC.CC.CC.CC.CC.CC.CC.CC.CC1c2cc3c(cc2-n2cnc[n+]21)oc1ccccc13.CC1c2cc3c(cc2-n2cnc[n+]21)sc1ccccc13.CC1c2cc3c4ccccc4n(C)c3cc2-n2cnc[n+]21.CC1c2cncnc2-n2cnc[n+]21.CC1c2ncncc2-n2cnc[n+]21. The molecule has 604 valence electrons. The largest absolute Gasteiger partial charge is 0.456 e. The second-order valence-electron chi connectivity index (χ2n) is 22.5. The molecule has 0 amide bonds. The molecule has 0 saturated carbocycles. The topological polar surface area (TPSA) is 178 Å². The predicted molar refractivity (Wildman–Crippen MR) is 471 cm³/mol. The molecular formula is C91H133N20OS+5. The number of hydrogen-bond acceptors (Lipinski definition) is 11. The monoisotopic (exact) mass is 1550 g/mol. The van der Waals surface area contributed by atoms with Crippen molar-refractivity contribution in [2.45, 2.75) is 245 Å². The van der Waals surface area contributed by atoms with Crippen LogP contribution in [0.1, 0.15) is 273 Å². The zero-order chi connectivity index (χ0) is 84.3. The van der Waals surface area contributed by atoms with E-state index >= 15 is 0 Å². The van der Waals surface area contributed by atoms with Gasteiger partial charge in [-0.1, -0.05) is 235 Å². The highest BCUT2D eigenvalue weighted by Gasteiger charge is 2.36. The predicted octanol–water partition coefficient (Wildman–Crippen LogP) is 22.2. The van der Waals surface area contributed by atoms with E-state index in [1.54, 1.807) is 38.0 Å². The third kappa shape index (κ3) is 18.7. The first kappa shape index (κ1) is 94.4. The molecule has 5 aliphatic rings. The normalized spacial score (nSPS) is 13.9. The highest BCUT2D eigenvalue weighted by atomic mass is 32.1. The van der Waals surface area contributed by atoms with E-state index in [1.165, 1.54) is 80.8 Å². The van der Waals surface area contributed by atoms with E-state index in [0.717, 1.165) is 39.6 Å². The molecular weight excluding hydrogens is 1420 g/mol. The molecule has 22 heteroatoms. The molecule has 6 aromatic carbocycles. The lowest BCUT2D eigenvalue weighted by Gasteiger charge is -2.02. The second-order valence-corrected chi connectivity index (χ2v) is 23.6. The molecule has 0 spiro atoms.